The molecule has 0 unspecified atom stereocenters. The summed E-state index contributed by atoms with van der Waals surface area (Å²) < 4.78 is 15.1. The number of nitrogens with one attached hydrogen (secondary N) is 1. The zero-order valence-electron chi connectivity index (χ0n) is 14.9. The Morgan fingerprint density at radius 2 is 2.15 bits per heavy atom. The fourth-order valence-electron chi connectivity index (χ4n) is 3.17. The van der Waals surface area contributed by atoms with Crippen LogP contribution in [0.5, 0.6) is 0 Å². The fourth-order valence-corrected chi connectivity index (χ4v) is 4.20. The van der Waals surface area contributed by atoms with Crippen molar-refractivity contribution in [1.29, 1.82) is 5.26 Å². The van der Waals surface area contributed by atoms with Crippen LogP contribution in [0, 0.1) is 25.2 Å². The van der Waals surface area contributed by atoms with Crippen LogP contribution >= 0.6 is 11.3 Å². The number of hydrogen-bond donors (Lipinski definition) is 1. The third-order valence-electron chi connectivity index (χ3n) is 4.89. The SMILES string of the molecule is Cc1sc(NC(=O)CN2CCC(F)(c3ccccn3)CC2)c(C#N)c1C. The first-order chi connectivity index (χ1) is 12.4. The van der Waals surface area contributed by atoms with Crippen LogP contribution in [0.1, 0.15) is 34.5 Å². The number of nitrogens with zero attached hydrogens (tertiary/aromatic N) is 3. The largest absolute Gasteiger partial charge is 0.315 e. The zero-order chi connectivity index (χ0) is 18.7. The van der Waals surface area contributed by atoms with Crippen molar-refractivity contribution in [1.82, 2.24) is 9.88 Å². The second-order valence-electron chi connectivity index (χ2n) is 6.60. The molecule has 3 rings (SSSR count). The average Bonchev–Trinajstić information content (AvgIpc) is 2.91. The molecule has 7 heteroatoms. The summed E-state index contributed by atoms with van der Waals surface area (Å²) in [6, 6.07) is 7.43. The number of aromatic nitrogens is 1. The van der Waals surface area contributed by atoms with Crippen LogP contribution in [-0.2, 0) is 10.5 Å². The lowest BCUT2D eigenvalue weighted by Crippen LogP contribution is -2.43. The Morgan fingerprint density at radius 1 is 1.42 bits per heavy atom. The van der Waals surface area contributed by atoms with Crippen LogP contribution in [0.15, 0.2) is 24.4 Å². The molecule has 0 spiro atoms. The number of likely N-dealkylation sites (tertiary alicyclic amines) is 1. The molecule has 2 aromatic rings. The summed E-state index contributed by atoms with van der Waals surface area (Å²) in [7, 11) is 0. The minimum atomic E-state index is -1.43. The van der Waals surface area contributed by atoms with Gasteiger partial charge in [-0.1, -0.05) is 6.07 Å². The van der Waals surface area contributed by atoms with Crippen LogP contribution in [-0.4, -0.2) is 35.4 Å². The number of carbonyl (C=O) groups excluding carboxylic acids is 1. The van der Waals surface area contributed by atoms with Gasteiger partial charge in [-0.15, -0.1) is 11.3 Å². The molecular weight excluding hydrogens is 351 g/mol. The molecule has 0 saturated carbocycles. The van der Waals surface area contributed by atoms with Crippen molar-refractivity contribution >= 4 is 22.2 Å². The highest BCUT2D eigenvalue weighted by Gasteiger charge is 2.37. The number of pyridine rings is 1. The third-order valence-corrected chi connectivity index (χ3v) is 6.01. The van der Waals surface area contributed by atoms with E-state index in [9.17, 15) is 10.1 Å². The number of thiophene rings is 1. The lowest BCUT2D eigenvalue weighted by molar-refractivity contribution is -0.118. The van der Waals surface area contributed by atoms with E-state index >= 15 is 4.39 Å². The maximum Gasteiger partial charge on any atom is 0.239 e. The number of alkyl halides is 1. The Hall–Kier alpha value is -2.30. The lowest BCUT2D eigenvalue weighted by atomic mass is 9.89. The Bertz CT molecular complexity index is 835. The van der Waals surface area contributed by atoms with Gasteiger partial charge in [0.25, 0.3) is 0 Å². The van der Waals surface area contributed by atoms with Gasteiger partial charge in [0.15, 0.2) is 5.67 Å². The molecule has 0 radical (unpaired) electrons. The molecule has 1 fully saturated rings. The Balaban J connectivity index is 1.57. The molecule has 136 valence electrons. The van der Waals surface area contributed by atoms with Gasteiger partial charge in [-0.3, -0.25) is 14.7 Å². The number of carbonyl (C=O) groups is 1. The molecular formula is C19H21FN4OS. The first-order valence-corrected chi connectivity index (χ1v) is 9.37. The van der Waals surface area contributed by atoms with Gasteiger partial charge in [-0.25, -0.2) is 4.39 Å². The van der Waals surface area contributed by atoms with Gasteiger partial charge in [-0.05, 0) is 44.4 Å². The number of hydrogen-bond acceptors (Lipinski definition) is 5. The van der Waals surface area contributed by atoms with Crippen molar-refractivity contribution in [3.05, 3.63) is 46.1 Å². The van der Waals surface area contributed by atoms with Gasteiger partial charge < -0.3 is 5.32 Å². The van der Waals surface area contributed by atoms with Crippen LogP contribution in [0.2, 0.25) is 0 Å². The molecule has 26 heavy (non-hydrogen) atoms. The Labute approximate surface area is 156 Å². The van der Waals surface area contributed by atoms with E-state index < -0.39 is 5.67 Å². The maximum atomic E-state index is 15.1. The third kappa shape index (κ3) is 3.76. The highest BCUT2D eigenvalue weighted by molar-refractivity contribution is 7.16. The van der Waals surface area contributed by atoms with Crippen LogP contribution in [0.3, 0.4) is 0 Å². The molecule has 0 aliphatic carbocycles. The summed E-state index contributed by atoms with van der Waals surface area (Å²) in [5, 5.41) is 12.7. The van der Waals surface area contributed by atoms with Crippen LogP contribution in [0.25, 0.3) is 0 Å². The molecule has 2 aromatic heterocycles. The van der Waals surface area contributed by atoms with Gasteiger partial charge in [0, 0.05) is 24.2 Å². The zero-order valence-corrected chi connectivity index (χ0v) is 15.7. The summed E-state index contributed by atoms with van der Waals surface area (Å²) in [5.41, 5.74) is 0.470. The number of anilines is 1. The smallest absolute Gasteiger partial charge is 0.239 e. The van der Waals surface area contributed by atoms with Gasteiger partial charge >= 0.3 is 0 Å². The summed E-state index contributed by atoms with van der Waals surface area (Å²) in [6.45, 7) is 4.99. The van der Waals surface area contributed by atoms with E-state index in [1.165, 1.54) is 11.3 Å². The van der Waals surface area contributed by atoms with E-state index in [0.717, 1.165) is 10.4 Å². The maximum absolute atomic E-state index is 15.1. The van der Waals surface area contributed by atoms with E-state index in [1.807, 2.05) is 18.7 Å². The normalized spacial score (nSPS) is 16.8. The predicted molar refractivity (Wildman–Crippen MR) is 99.8 cm³/mol. The Morgan fingerprint density at radius 3 is 2.77 bits per heavy atom. The van der Waals surface area contributed by atoms with E-state index in [-0.39, 0.29) is 12.5 Å². The topological polar surface area (TPSA) is 69.0 Å². The second kappa shape index (κ2) is 7.52. The molecule has 1 amide bonds. The van der Waals surface area contributed by atoms with Crippen molar-refractivity contribution < 1.29 is 9.18 Å². The quantitative estimate of drug-likeness (QED) is 0.891. The molecule has 0 bridgehead atoms. The first-order valence-electron chi connectivity index (χ1n) is 8.55. The summed E-state index contributed by atoms with van der Waals surface area (Å²) >= 11 is 1.41. The summed E-state index contributed by atoms with van der Waals surface area (Å²) in [4.78, 5) is 19.4. The van der Waals surface area contributed by atoms with Gasteiger partial charge in [0.2, 0.25) is 5.91 Å². The molecule has 1 aliphatic heterocycles. The van der Waals surface area contributed by atoms with E-state index in [4.69, 9.17) is 0 Å². The molecule has 3 heterocycles. The number of rotatable bonds is 4. The minimum Gasteiger partial charge on any atom is -0.315 e. The van der Waals surface area contributed by atoms with Crippen molar-refractivity contribution in [3.8, 4) is 6.07 Å². The van der Waals surface area contributed by atoms with Crippen molar-refractivity contribution in [2.75, 3.05) is 25.0 Å². The first kappa shape index (κ1) is 18.5. The highest BCUT2D eigenvalue weighted by atomic mass is 32.1. The van der Waals surface area contributed by atoms with E-state index in [0.29, 0.717) is 42.2 Å². The standard InChI is InChI=1S/C19H21FN4OS/c1-13-14(2)26-18(15(13)11-21)23-17(25)12-24-9-6-19(20,7-10-24)16-5-3-4-8-22-16/h3-5,8H,6-7,9-10,12H2,1-2H3,(H,23,25). The van der Waals surface area contributed by atoms with E-state index in [1.54, 1.807) is 24.4 Å². The lowest BCUT2D eigenvalue weighted by Gasteiger charge is -2.35. The van der Waals surface area contributed by atoms with E-state index in [2.05, 4.69) is 16.4 Å². The van der Waals surface area contributed by atoms with Gasteiger partial charge in [-0.2, -0.15) is 5.26 Å². The number of piperidine rings is 1. The monoisotopic (exact) mass is 372 g/mol. The molecule has 0 atom stereocenters. The minimum absolute atomic E-state index is 0.174. The molecule has 1 aliphatic rings. The van der Waals surface area contributed by atoms with Crippen LogP contribution in [0.4, 0.5) is 9.39 Å². The number of nitriles is 1. The number of amides is 1. The fraction of sp³-hybridized carbons (Fsp3) is 0.421. The van der Waals surface area contributed by atoms with Gasteiger partial charge in [0.05, 0.1) is 17.8 Å². The Kier molecular flexibility index (Phi) is 5.35. The second-order valence-corrected chi connectivity index (χ2v) is 7.83. The van der Waals surface area contributed by atoms with Crippen molar-refractivity contribution in [3.63, 3.8) is 0 Å². The number of aryl methyl sites for hydroxylation is 1. The number of halogens is 1. The molecule has 0 aromatic carbocycles. The summed E-state index contributed by atoms with van der Waals surface area (Å²) in [5.74, 6) is -0.174. The van der Waals surface area contributed by atoms with Crippen molar-refractivity contribution in [2.45, 2.75) is 32.4 Å². The average molecular weight is 372 g/mol. The van der Waals surface area contributed by atoms with Crippen molar-refractivity contribution in [2.24, 2.45) is 0 Å². The predicted octanol–water partition coefficient (Wildman–Crippen LogP) is 3.53. The highest BCUT2D eigenvalue weighted by Crippen LogP contribution is 2.36. The molecule has 5 nitrogen and oxygen atoms in total. The summed E-state index contributed by atoms with van der Waals surface area (Å²) in [6.07, 6.45) is 2.24. The molecule has 1 N–H and O–H groups in total. The van der Waals surface area contributed by atoms with Crippen LogP contribution < -0.4 is 5.32 Å². The van der Waals surface area contributed by atoms with Gasteiger partial charge in [0.1, 0.15) is 11.1 Å². The molecule has 1 saturated heterocycles.